The van der Waals surface area contributed by atoms with E-state index in [0.717, 1.165) is 5.56 Å². The van der Waals surface area contributed by atoms with E-state index < -0.39 is 64.1 Å². The Morgan fingerprint density at radius 2 is 1.61 bits per heavy atom. The molecule has 14 heteroatoms. The van der Waals surface area contributed by atoms with Crippen LogP contribution < -0.4 is 10.5 Å². The van der Waals surface area contributed by atoms with Gasteiger partial charge in [-0.05, 0) is 66.0 Å². The summed E-state index contributed by atoms with van der Waals surface area (Å²) in [7, 11) is 0. The zero-order chi connectivity index (χ0) is 32.9. The van der Waals surface area contributed by atoms with Crippen molar-refractivity contribution in [3.05, 3.63) is 76.4 Å². The van der Waals surface area contributed by atoms with E-state index in [1.54, 1.807) is 6.08 Å². The number of nitrogens with one attached hydrogen (secondary N) is 1. The van der Waals surface area contributed by atoms with Crippen LogP contribution in [0.4, 0.5) is 28.4 Å². The number of pyridine rings is 1. The summed E-state index contributed by atoms with van der Waals surface area (Å²) in [5.74, 6) is -0.560. The molecule has 0 aliphatic carbocycles. The number of aromatic nitrogens is 3. The third-order valence-electron chi connectivity index (χ3n) is 5.58. The van der Waals surface area contributed by atoms with Gasteiger partial charge in [-0.2, -0.15) is 18.1 Å². The summed E-state index contributed by atoms with van der Waals surface area (Å²) < 4.78 is 64.0. The minimum Gasteiger partial charge on any atom is -0.443 e. The van der Waals surface area contributed by atoms with Crippen LogP contribution in [0.2, 0.25) is 0 Å². The molecule has 2 aromatic heterocycles. The first-order chi connectivity index (χ1) is 20.4. The number of rotatable bonds is 9. The van der Waals surface area contributed by atoms with E-state index in [9.17, 15) is 27.6 Å². The largest absolute Gasteiger partial charge is 0.443 e. The van der Waals surface area contributed by atoms with E-state index in [2.05, 4.69) is 21.8 Å². The molecule has 3 aromatic rings. The van der Waals surface area contributed by atoms with Crippen molar-refractivity contribution in [3.8, 4) is 11.6 Å². The van der Waals surface area contributed by atoms with Gasteiger partial charge < -0.3 is 23.6 Å². The molecule has 0 aliphatic rings. The van der Waals surface area contributed by atoms with Crippen LogP contribution in [0.15, 0.2) is 58.3 Å². The second-order valence-corrected chi connectivity index (χ2v) is 11.7. The number of benzene rings is 1. The van der Waals surface area contributed by atoms with E-state index >= 15 is 0 Å². The fraction of sp³-hybridized carbons (Fsp3) is 0.433. The number of carbonyl (C=O) groups is 2. The SMILES string of the molecule is C=CCCC(OCc1ccccc1)c1nnc(-c2[nH]c(=O)c(C(F)(F)F)cc2N(C(=O)OC(C)(C)C)C(=O)OC(C)(C)C)o1. The number of halogens is 3. The minimum absolute atomic E-state index is 0.0643. The van der Waals surface area contributed by atoms with Crippen molar-refractivity contribution < 1.29 is 41.4 Å². The second-order valence-electron chi connectivity index (χ2n) is 11.7. The van der Waals surface area contributed by atoms with Gasteiger partial charge in [0.2, 0.25) is 5.89 Å². The molecule has 1 atom stereocenters. The molecule has 0 fully saturated rings. The number of anilines is 1. The molecule has 0 radical (unpaired) electrons. The molecule has 0 aliphatic heterocycles. The molecule has 44 heavy (non-hydrogen) atoms. The predicted molar refractivity (Wildman–Crippen MR) is 154 cm³/mol. The fourth-order valence-electron chi connectivity index (χ4n) is 3.74. The number of hydrogen-bond acceptors (Lipinski definition) is 9. The van der Waals surface area contributed by atoms with Crippen molar-refractivity contribution in [3.63, 3.8) is 0 Å². The number of allylic oxidation sites excluding steroid dienone is 1. The molecular weight excluding hydrogens is 585 g/mol. The lowest BCUT2D eigenvalue weighted by Gasteiger charge is -2.29. The smallest absolute Gasteiger partial charge is 0.424 e. The first-order valence-electron chi connectivity index (χ1n) is 13.6. The summed E-state index contributed by atoms with van der Waals surface area (Å²) in [6.07, 6.45) is -6.17. The molecule has 2 amide bonds. The van der Waals surface area contributed by atoms with Gasteiger partial charge in [0.1, 0.15) is 28.6 Å². The van der Waals surface area contributed by atoms with Gasteiger partial charge in [-0.1, -0.05) is 36.4 Å². The van der Waals surface area contributed by atoms with Gasteiger partial charge in [-0.3, -0.25) is 4.79 Å². The van der Waals surface area contributed by atoms with Crippen LogP contribution in [0.1, 0.15) is 77.5 Å². The van der Waals surface area contributed by atoms with Crippen LogP contribution >= 0.6 is 0 Å². The standard InChI is InChI=1S/C30H35F3N4O7/c1-8-9-15-21(41-17-18-13-11-10-12-14-18)24-35-36-25(42-24)22-20(16-19(23(38)34-22)30(31,32)33)37(26(39)43-28(2,3)4)27(40)44-29(5,6)7/h8,10-14,16,21H,1,9,15,17H2,2-7H3,(H,34,38). The highest BCUT2D eigenvalue weighted by Gasteiger charge is 2.40. The molecule has 0 saturated heterocycles. The molecule has 0 bridgehead atoms. The minimum atomic E-state index is -5.16. The monoisotopic (exact) mass is 620 g/mol. The van der Waals surface area contributed by atoms with E-state index in [4.69, 9.17) is 18.6 Å². The number of hydrogen-bond donors (Lipinski definition) is 1. The first-order valence-corrected chi connectivity index (χ1v) is 13.6. The Morgan fingerprint density at radius 1 is 1.02 bits per heavy atom. The average Bonchev–Trinajstić information content (AvgIpc) is 3.37. The van der Waals surface area contributed by atoms with Gasteiger partial charge in [0.05, 0.1) is 12.3 Å². The van der Waals surface area contributed by atoms with Gasteiger partial charge in [0, 0.05) is 0 Å². The molecule has 2 heterocycles. The van der Waals surface area contributed by atoms with E-state index in [-0.39, 0.29) is 17.4 Å². The summed E-state index contributed by atoms with van der Waals surface area (Å²) in [6.45, 7) is 12.9. The lowest BCUT2D eigenvalue weighted by Crippen LogP contribution is -2.44. The van der Waals surface area contributed by atoms with Gasteiger partial charge in [-0.25, -0.2) is 9.59 Å². The van der Waals surface area contributed by atoms with Crippen LogP contribution in [-0.2, 0) is 27.0 Å². The summed E-state index contributed by atoms with van der Waals surface area (Å²) in [4.78, 5) is 41.5. The highest BCUT2D eigenvalue weighted by atomic mass is 19.4. The average molecular weight is 621 g/mol. The molecular formula is C30H35F3N4O7. The van der Waals surface area contributed by atoms with Crippen LogP contribution in [0, 0.1) is 0 Å². The Morgan fingerprint density at radius 3 is 2.14 bits per heavy atom. The third-order valence-corrected chi connectivity index (χ3v) is 5.58. The Labute approximate surface area is 252 Å². The predicted octanol–water partition coefficient (Wildman–Crippen LogP) is 7.34. The molecule has 1 unspecified atom stereocenters. The third kappa shape index (κ3) is 9.27. The zero-order valence-electron chi connectivity index (χ0n) is 25.3. The van der Waals surface area contributed by atoms with E-state index in [0.29, 0.717) is 18.9 Å². The van der Waals surface area contributed by atoms with Crippen molar-refractivity contribution in [1.82, 2.24) is 15.2 Å². The number of H-pyrrole nitrogens is 1. The molecule has 1 N–H and O–H groups in total. The summed E-state index contributed by atoms with van der Waals surface area (Å²) >= 11 is 0. The topological polar surface area (TPSA) is 137 Å². The summed E-state index contributed by atoms with van der Waals surface area (Å²) in [6, 6.07) is 9.56. The number of imide groups is 1. The van der Waals surface area contributed by atoms with Crippen LogP contribution in [0.5, 0.6) is 0 Å². The van der Waals surface area contributed by atoms with Crippen LogP contribution in [0.3, 0.4) is 0 Å². The van der Waals surface area contributed by atoms with Gasteiger partial charge in [-0.15, -0.1) is 16.8 Å². The quantitative estimate of drug-likeness (QED) is 0.244. The normalized spacial score (nSPS) is 12.8. The number of carbonyl (C=O) groups excluding carboxylic acids is 2. The van der Waals surface area contributed by atoms with Gasteiger partial charge >= 0.3 is 18.4 Å². The van der Waals surface area contributed by atoms with E-state index in [1.807, 2.05) is 30.3 Å². The maximum Gasteiger partial charge on any atom is 0.424 e. The maximum absolute atomic E-state index is 13.9. The second kappa shape index (κ2) is 13.5. The first kappa shape index (κ1) is 34.0. The van der Waals surface area contributed by atoms with Crippen LogP contribution in [0.25, 0.3) is 11.6 Å². The lowest BCUT2D eigenvalue weighted by molar-refractivity contribution is -0.138. The van der Waals surface area contributed by atoms with Gasteiger partial charge in [0.25, 0.3) is 11.4 Å². The van der Waals surface area contributed by atoms with Gasteiger partial charge in [0.15, 0.2) is 0 Å². The highest BCUT2D eigenvalue weighted by Crippen LogP contribution is 2.36. The Balaban J connectivity index is 2.17. The summed E-state index contributed by atoms with van der Waals surface area (Å²) in [5, 5.41) is 7.91. The number of nitrogens with zero attached hydrogens (tertiary/aromatic N) is 3. The Bertz CT molecular complexity index is 1490. The molecule has 0 saturated carbocycles. The molecule has 238 valence electrons. The number of aromatic amines is 1. The fourth-order valence-corrected chi connectivity index (χ4v) is 3.74. The Kier molecular flexibility index (Phi) is 10.4. The van der Waals surface area contributed by atoms with Crippen molar-refractivity contribution >= 4 is 17.9 Å². The molecule has 0 spiro atoms. The lowest BCUT2D eigenvalue weighted by atomic mass is 10.1. The number of alkyl halides is 3. The van der Waals surface area contributed by atoms with E-state index in [1.165, 1.54) is 41.5 Å². The summed E-state index contributed by atoms with van der Waals surface area (Å²) in [5.41, 5.74) is -6.06. The highest BCUT2D eigenvalue weighted by molar-refractivity contribution is 6.11. The van der Waals surface area contributed by atoms with Crippen molar-refractivity contribution in [2.24, 2.45) is 0 Å². The van der Waals surface area contributed by atoms with Crippen molar-refractivity contribution in [1.29, 1.82) is 0 Å². The molecule has 11 nitrogen and oxygen atoms in total. The number of amides is 2. The van der Waals surface area contributed by atoms with Crippen molar-refractivity contribution in [2.75, 3.05) is 4.90 Å². The zero-order valence-corrected chi connectivity index (χ0v) is 25.3. The maximum atomic E-state index is 13.9. The van der Waals surface area contributed by atoms with Crippen molar-refractivity contribution in [2.45, 2.75) is 84.5 Å². The Hall–Kier alpha value is -4.46. The number of ether oxygens (including phenoxy) is 3. The molecule has 3 rings (SSSR count). The van der Waals surface area contributed by atoms with Crippen LogP contribution in [-0.4, -0.2) is 38.6 Å². The molecule has 1 aromatic carbocycles.